The van der Waals surface area contributed by atoms with Crippen LogP contribution >= 0.6 is 0 Å². The van der Waals surface area contributed by atoms with Crippen molar-refractivity contribution in [1.29, 1.82) is 0 Å². The molecule has 2 aliphatic rings. The second kappa shape index (κ2) is 10.2. The van der Waals surface area contributed by atoms with Crippen molar-refractivity contribution in [3.05, 3.63) is 88.8 Å². The number of nitrogens with zero attached hydrogens (tertiary/aromatic N) is 2. The van der Waals surface area contributed by atoms with E-state index in [0.29, 0.717) is 29.6 Å². The van der Waals surface area contributed by atoms with E-state index in [0.717, 1.165) is 47.0 Å². The van der Waals surface area contributed by atoms with Crippen LogP contribution in [0.15, 0.2) is 60.7 Å². The molecule has 3 aromatic carbocycles. The molecular formula is C31H32N2O4. The fourth-order valence-corrected chi connectivity index (χ4v) is 5.29. The smallest absolute Gasteiger partial charge is 0.195 e. The Labute approximate surface area is 218 Å². The SMILES string of the molecule is [C-]#[N+]c1ccc(O)cc1C1=C(C)c2cc(O)ccc2OC1c1ccc(OC[C@H](C)N2CC[C@@H](C)C2)cc1. The minimum atomic E-state index is -0.501. The number of rotatable bonds is 6. The van der Waals surface area contributed by atoms with Gasteiger partial charge < -0.3 is 19.7 Å². The van der Waals surface area contributed by atoms with Crippen molar-refractivity contribution in [1.82, 2.24) is 4.90 Å². The third-order valence-corrected chi connectivity index (χ3v) is 7.42. The summed E-state index contributed by atoms with van der Waals surface area (Å²) in [6.45, 7) is 17.0. The summed E-state index contributed by atoms with van der Waals surface area (Å²) >= 11 is 0. The van der Waals surface area contributed by atoms with Gasteiger partial charge in [-0.3, -0.25) is 4.90 Å². The van der Waals surface area contributed by atoms with Crippen molar-refractivity contribution in [3.8, 4) is 23.0 Å². The van der Waals surface area contributed by atoms with Crippen LogP contribution in [0, 0.1) is 12.5 Å². The van der Waals surface area contributed by atoms with Crippen LogP contribution in [0.25, 0.3) is 16.0 Å². The van der Waals surface area contributed by atoms with E-state index in [1.165, 1.54) is 12.5 Å². The average Bonchev–Trinajstić information content (AvgIpc) is 3.34. The highest BCUT2D eigenvalue weighted by Gasteiger charge is 2.31. The van der Waals surface area contributed by atoms with Crippen molar-refractivity contribution < 1.29 is 19.7 Å². The largest absolute Gasteiger partial charge is 0.508 e. The number of phenols is 2. The first kappa shape index (κ1) is 24.7. The number of ether oxygens (including phenoxy) is 2. The molecule has 2 N–H and O–H groups in total. The van der Waals surface area contributed by atoms with E-state index >= 15 is 0 Å². The van der Waals surface area contributed by atoms with Crippen LogP contribution in [0.4, 0.5) is 5.69 Å². The molecule has 0 saturated carbocycles. The Balaban J connectivity index is 1.46. The van der Waals surface area contributed by atoms with E-state index in [9.17, 15) is 10.2 Å². The lowest BCUT2D eigenvalue weighted by molar-refractivity contribution is 0.169. The van der Waals surface area contributed by atoms with Gasteiger partial charge in [0, 0.05) is 18.2 Å². The lowest BCUT2D eigenvalue weighted by atomic mass is 9.85. The normalized spacial score (nSPS) is 20.2. The number of hydrogen-bond donors (Lipinski definition) is 2. The van der Waals surface area contributed by atoms with Gasteiger partial charge >= 0.3 is 0 Å². The van der Waals surface area contributed by atoms with E-state index in [-0.39, 0.29) is 11.5 Å². The van der Waals surface area contributed by atoms with Gasteiger partial charge in [0.2, 0.25) is 0 Å². The van der Waals surface area contributed by atoms with Crippen molar-refractivity contribution in [2.75, 3.05) is 19.7 Å². The molecule has 5 rings (SSSR count). The molecule has 6 heteroatoms. The summed E-state index contributed by atoms with van der Waals surface area (Å²) in [5.41, 5.74) is 4.36. The number of phenolic OH excluding ortho intramolecular Hbond substituents is 2. The van der Waals surface area contributed by atoms with Gasteiger partial charge in [-0.25, -0.2) is 4.85 Å². The molecule has 0 spiro atoms. The van der Waals surface area contributed by atoms with Crippen molar-refractivity contribution in [2.45, 2.75) is 39.3 Å². The quantitative estimate of drug-likeness (QED) is 0.367. The first-order chi connectivity index (χ1) is 17.8. The number of fused-ring (bicyclic) bond motifs is 1. The third kappa shape index (κ3) is 5.00. The molecule has 3 atom stereocenters. The van der Waals surface area contributed by atoms with Gasteiger partial charge in [-0.05, 0) is 97.5 Å². The molecule has 2 aliphatic heterocycles. The predicted octanol–water partition coefficient (Wildman–Crippen LogP) is 6.82. The zero-order chi connectivity index (χ0) is 26.1. The van der Waals surface area contributed by atoms with Crippen molar-refractivity contribution in [3.63, 3.8) is 0 Å². The van der Waals surface area contributed by atoms with E-state index < -0.39 is 6.10 Å². The maximum Gasteiger partial charge on any atom is 0.195 e. The molecule has 0 aliphatic carbocycles. The Kier molecular flexibility index (Phi) is 6.82. The van der Waals surface area contributed by atoms with Crippen LogP contribution < -0.4 is 9.47 Å². The first-order valence-corrected chi connectivity index (χ1v) is 12.7. The highest BCUT2D eigenvalue weighted by Crippen LogP contribution is 2.49. The van der Waals surface area contributed by atoms with Crippen LogP contribution in [0.2, 0.25) is 0 Å². The van der Waals surface area contributed by atoms with Crippen molar-refractivity contribution >= 4 is 16.8 Å². The molecule has 190 valence electrons. The Hall–Kier alpha value is -3.95. The monoisotopic (exact) mass is 496 g/mol. The summed E-state index contributed by atoms with van der Waals surface area (Å²) < 4.78 is 12.6. The Bertz CT molecular complexity index is 1370. The second-order valence-corrected chi connectivity index (χ2v) is 10.1. The molecule has 2 heterocycles. The number of hydrogen-bond acceptors (Lipinski definition) is 5. The molecule has 6 nitrogen and oxygen atoms in total. The van der Waals surface area contributed by atoms with Gasteiger partial charge in [-0.2, -0.15) is 0 Å². The lowest BCUT2D eigenvalue weighted by Crippen LogP contribution is -2.35. The number of likely N-dealkylation sites (tertiary alicyclic amines) is 1. The summed E-state index contributed by atoms with van der Waals surface area (Å²) in [5.74, 6) is 2.41. The minimum absolute atomic E-state index is 0.0772. The maximum absolute atomic E-state index is 10.3. The van der Waals surface area contributed by atoms with Gasteiger partial charge in [-0.1, -0.05) is 25.1 Å². The minimum Gasteiger partial charge on any atom is -0.508 e. The molecule has 37 heavy (non-hydrogen) atoms. The lowest BCUT2D eigenvalue weighted by Gasteiger charge is -2.32. The molecule has 3 aromatic rings. The molecule has 0 bridgehead atoms. The number of allylic oxidation sites excluding steroid dienone is 1. The second-order valence-electron chi connectivity index (χ2n) is 10.1. The molecule has 1 fully saturated rings. The van der Waals surface area contributed by atoms with Gasteiger partial charge in [0.15, 0.2) is 5.69 Å². The van der Waals surface area contributed by atoms with Gasteiger partial charge in [0.25, 0.3) is 0 Å². The van der Waals surface area contributed by atoms with Crippen LogP contribution in [-0.4, -0.2) is 40.9 Å². The molecule has 0 radical (unpaired) electrons. The summed E-state index contributed by atoms with van der Waals surface area (Å²) in [5, 5.41) is 20.4. The standard InChI is InChI=1S/C31H32N2O4/c1-19-13-14-33(17-19)20(2)18-36-25-9-5-22(6-10-25)31-30(27-16-23(34)7-11-28(27)32-4)21(3)26-15-24(35)8-12-29(26)37-31/h5-12,15-16,19-20,31,34-35H,13-14,17-18H2,1-3H3/t19-,20+,31?/m1/s1. The van der Waals surface area contributed by atoms with E-state index in [4.69, 9.17) is 16.0 Å². The summed E-state index contributed by atoms with van der Waals surface area (Å²) in [6.07, 6.45) is 0.741. The van der Waals surface area contributed by atoms with E-state index in [2.05, 4.69) is 23.6 Å². The molecule has 1 unspecified atom stereocenters. The van der Waals surface area contributed by atoms with Crippen LogP contribution in [0.1, 0.15) is 50.0 Å². The Morgan fingerprint density at radius 1 is 1.05 bits per heavy atom. The zero-order valence-corrected chi connectivity index (χ0v) is 21.4. The van der Waals surface area contributed by atoms with Gasteiger partial charge in [0.05, 0.1) is 6.57 Å². The van der Waals surface area contributed by atoms with Crippen LogP contribution in [0.3, 0.4) is 0 Å². The molecule has 1 saturated heterocycles. The van der Waals surface area contributed by atoms with Crippen molar-refractivity contribution in [2.24, 2.45) is 5.92 Å². The summed E-state index contributed by atoms with van der Waals surface area (Å²) in [4.78, 5) is 6.17. The van der Waals surface area contributed by atoms with Gasteiger partial charge in [0.1, 0.15) is 35.7 Å². The summed E-state index contributed by atoms with van der Waals surface area (Å²) in [7, 11) is 0. The molecule has 0 aromatic heterocycles. The average molecular weight is 497 g/mol. The Morgan fingerprint density at radius 3 is 2.43 bits per heavy atom. The fraction of sp³-hybridized carbons (Fsp3) is 0.323. The molecule has 0 amide bonds. The third-order valence-electron chi connectivity index (χ3n) is 7.42. The van der Waals surface area contributed by atoms with Crippen LogP contribution in [0.5, 0.6) is 23.0 Å². The van der Waals surface area contributed by atoms with E-state index in [1.54, 1.807) is 30.3 Å². The zero-order valence-electron chi connectivity index (χ0n) is 21.4. The molecular weight excluding hydrogens is 464 g/mol. The highest BCUT2D eigenvalue weighted by molar-refractivity contribution is 5.98. The van der Waals surface area contributed by atoms with E-state index in [1.807, 2.05) is 31.2 Å². The highest BCUT2D eigenvalue weighted by atomic mass is 16.5. The first-order valence-electron chi connectivity index (χ1n) is 12.7. The maximum atomic E-state index is 10.3. The topological polar surface area (TPSA) is 66.5 Å². The number of aromatic hydroxyl groups is 2. The summed E-state index contributed by atoms with van der Waals surface area (Å²) in [6, 6.07) is 18.0. The van der Waals surface area contributed by atoms with Crippen LogP contribution in [-0.2, 0) is 0 Å². The number of benzene rings is 3. The fourth-order valence-electron chi connectivity index (χ4n) is 5.29. The Morgan fingerprint density at radius 2 is 1.76 bits per heavy atom. The van der Waals surface area contributed by atoms with Gasteiger partial charge in [-0.15, -0.1) is 0 Å². The predicted molar refractivity (Wildman–Crippen MR) is 145 cm³/mol.